The van der Waals surface area contributed by atoms with Crippen LogP contribution in [0.4, 0.5) is 17.1 Å². The molecular weight excluding hydrogens is 402 g/mol. The van der Waals surface area contributed by atoms with E-state index >= 15 is 0 Å². The molecule has 0 saturated carbocycles. The van der Waals surface area contributed by atoms with Crippen molar-refractivity contribution in [2.24, 2.45) is 10.2 Å². The molecule has 2 aromatic rings. The Morgan fingerprint density at radius 2 is 1.83 bits per heavy atom. The van der Waals surface area contributed by atoms with Crippen LogP contribution in [0.25, 0.3) is 0 Å². The Morgan fingerprint density at radius 3 is 2.43 bits per heavy atom. The smallest absolute Gasteiger partial charge is 0.271 e. The first kappa shape index (κ1) is 23.5. The number of unbranched alkanes of at least 4 members (excludes halogenated alkanes) is 2. The number of nitrogens with zero attached hydrogens (tertiary/aromatic N) is 5. The van der Waals surface area contributed by atoms with Crippen molar-refractivity contribution in [3.63, 3.8) is 0 Å². The molecule has 8 heteroatoms. The van der Waals surface area contributed by atoms with Gasteiger partial charge in [-0.1, -0.05) is 50.4 Å². The molecule has 0 bridgehead atoms. The highest BCUT2D eigenvalue weighted by atomic mass is 35.5. The molecule has 0 aliphatic heterocycles. The van der Waals surface area contributed by atoms with Gasteiger partial charge in [0.1, 0.15) is 11.8 Å². The van der Waals surface area contributed by atoms with Crippen molar-refractivity contribution in [1.82, 2.24) is 4.90 Å². The lowest BCUT2D eigenvalue weighted by Gasteiger charge is -2.23. The fraction of sp³-hybridized carbons (Fsp3) is 0.409. The predicted octanol–water partition coefficient (Wildman–Crippen LogP) is 6.94. The summed E-state index contributed by atoms with van der Waals surface area (Å²) < 4.78 is 0. The van der Waals surface area contributed by atoms with Crippen LogP contribution in [-0.2, 0) is 6.54 Å². The van der Waals surface area contributed by atoms with E-state index in [1.807, 2.05) is 6.07 Å². The number of benzene rings is 2. The molecule has 2 aromatic carbocycles. The first-order valence-corrected chi connectivity index (χ1v) is 10.5. The fourth-order valence-electron chi connectivity index (χ4n) is 2.99. The normalized spacial score (nSPS) is 11.2. The van der Waals surface area contributed by atoms with Crippen LogP contribution in [0, 0.1) is 21.4 Å². The summed E-state index contributed by atoms with van der Waals surface area (Å²) in [6.07, 6.45) is 4.45. The lowest BCUT2D eigenvalue weighted by atomic mass is 10.1. The minimum Gasteiger partial charge on any atom is -0.299 e. The number of nitro benzene ring substituents is 1. The van der Waals surface area contributed by atoms with Gasteiger partial charge >= 0.3 is 0 Å². The first-order chi connectivity index (χ1) is 14.5. The van der Waals surface area contributed by atoms with Crippen LogP contribution >= 0.6 is 11.6 Å². The molecule has 0 saturated heterocycles. The van der Waals surface area contributed by atoms with Crippen LogP contribution in [0.5, 0.6) is 0 Å². The number of nitriles is 1. The van der Waals surface area contributed by atoms with Gasteiger partial charge in [0.15, 0.2) is 0 Å². The number of hydrogen-bond donors (Lipinski definition) is 0. The molecule has 0 aromatic heterocycles. The van der Waals surface area contributed by atoms with Crippen molar-refractivity contribution >= 4 is 28.7 Å². The zero-order valence-corrected chi connectivity index (χ0v) is 18.1. The van der Waals surface area contributed by atoms with Crippen molar-refractivity contribution in [2.45, 2.75) is 46.1 Å². The summed E-state index contributed by atoms with van der Waals surface area (Å²) in [5.41, 5.74) is 1.89. The van der Waals surface area contributed by atoms with Gasteiger partial charge in [-0.25, -0.2) is 0 Å². The number of nitro groups is 1. The molecule has 0 heterocycles. The molecule has 0 unspecified atom stereocenters. The molecule has 30 heavy (non-hydrogen) atoms. The monoisotopic (exact) mass is 427 g/mol. The maximum absolute atomic E-state index is 10.9. The van der Waals surface area contributed by atoms with Crippen LogP contribution in [0.15, 0.2) is 46.6 Å². The van der Waals surface area contributed by atoms with Gasteiger partial charge in [-0.15, -0.1) is 5.11 Å². The summed E-state index contributed by atoms with van der Waals surface area (Å²) in [5, 5.41) is 29.0. The van der Waals surface area contributed by atoms with E-state index in [0.717, 1.165) is 44.3 Å². The Hall–Kier alpha value is -2.82. The molecule has 7 nitrogen and oxygen atoms in total. The van der Waals surface area contributed by atoms with Gasteiger partial charge in [-0.05, 0) is 43.6 Å². The van der Waals surface area contributed by atoms with Crippen LogP contribution in [-0.4, -0.2) is 22.9 Å². The molecule has 0 spiro atoms. The maximum atomic E-state index is 10.9. The number of hydrogen-bond acceptors (Lipinski definition) is 6. The lowest BCUT2D eigenvalue weighted by molar-refractivity contribution is -0.384. The highest BCUT2D eigenvalue weighted by Crippen LogP contribution is 2.33. The highest BCUT2D eigenvalue weighted by molar-refractivity contribution is 6.34. The third-order valence-electron chi connectivity index (χ3n) is 4.68. The Morgan fingerprint density at radius 1 is 1.13 bits per heavy atom. The zero-order chi connectivity index (χ0) is 21.9. The summed E-state index contributed by atoms with van der Waals surface area (Å²) in [5.74, 6) is 0. The van der Waals surface area contributed by atoms with Crippen LogP contribution < -0.4 is 0 Å². The summed E-state index contributed by atoms with van der Waals surface area (Å²) in [7, 11) is 0. The molecule has 0 atom stereocenters. The van der Waals surface area contributed by atoms with Crippen molar-refractivity contribution in [3.05, 3.63) is 62.7 Å². The van der Waals surface area contributed by atoms with Crippen molar-refractivity contribution in [1.29, 1.82) is 5.26 Å². The number of non-ortho nitro benzene ring substituents is 1. The summed E-state index contributed by atoms with van der Waals surface area (Å²) in [6, 6.07) is 11.7. The minimum atomic E-state index is -0.489. The number of azo groups is 1. The molecule has 0 amide bonds. The van der Waals surface area contributed by atoms with Gasteiger partial charge < -0.3 is 0 Å². The SMILES string of the molecule is CCCCN(CCCC)Cc1ccc(N=Nc2cccc([N+](=O)[O-])c2)c(Cl)c1C#N. The molecule has 0 aliphatic rings. The third-order valence-corrected chi connectivity index (χ3v) is 5.07. The van der Waals surface area contributed by atoms with Gasteiger partial charge in [-0.3, -0.25) is 15.0 Å². The minimum absolute atomic E-state index is 0.0649. The first-order valence-electron chi connectivity index (χ1n) is 10.1. The average molecular weight is 428 g/mol. The maximum Gasteiger partial charge on any atom is 0.271 e. The average Bonchev–Trinajstić information content (AvgIpc) is 2.75. The van der Waals surface area contributed by atoms with E-state index in [0.29, 0.717) is 23.5 Å². The van der Waals surface area contributed by atoms with E-state index < -0.39 is 4.92 Å². The molecule has 0 N–H and O–H groups in total. The molecule has 0 radical (unpaired) electrons. The number of rotatable bonds is 11. The summed E-state index contributed by atoms with van der Waals surface area (Å²) >= 11 is 6.45. The van der Waals surface area contributed by atoms with Gasteiger partial charge in [0.05, 0.1) is 21.2 Å². The van der Waals surface area contributed by atoms with E-state index in [1.165, 1.54) is 12.1 Å². The number of halogens is 1. The second-order valence-corrected chi connectivity index (χ2v) is 7.38. The predicted molar refractivity (Wildman–Crippen MR) is 119 cm³/mol. The largest absolute Gasteiger partial charge is 0.299 e. The summed E-state index contributed by atoms with van der Waals surface area (Å²) in [6.45, 7) is 6.94. The zero-order valence-electron chi connectivity index (χ0n) is 17.3. The van der Waals surface area contributed by atoms with Gasteiger partial charge in [0.25, 0.3) is 5.69 Å². The standard InChI is InChI=1S/C22H26ClN5O2/c1-3-5-12-27(13-6-4-2)16-17-10-11-21(22(23)20(17)15-24)26-25-18-8-7-9-19(14-18)28(29)30/h7-11,14H,3-6,12-13,16H2,1-2H3. The molecular formula is C22H26ClN5O2. The Bertz CT molecular complexity index is 932. The lowest BCUT2D eigenvalue weighted by Crippen LogP contribution is -2.26. The highest BCUT2D eigenvalue weighted by Gasteiger charge is 2.15. The summed E-state index contributed by atoms with van der Waals surface area (Å²) in [4.78, 5) is 12.8. The van der Waals surface area contributed by atoms with Gasteiger partial charge in [0.2, 0.25) is 0 Å². The second kappa shape index (κ2) is 12.0. The Labute approximate surface area is 182 Å². The second-order valence-electron chi connectivity index (χ2n) is 7.00. The molecule has 158 valence electrons. The van der Waals surface area contributed by atoms with E-state index in [1.54, 1.807) is 18.2 Å². The van der Waals surface area contributed by atoms with E-state index in [9.17, 15) is 15.4 Å². The van der Waals surface area contributed by atoms with Gasteiger partial charge in [0, 0.05) is 18.7 Å². The van der Waals surface area contributed by atoms with E-state index in [4.69, 9.17) is 11.6 Å². The topological polar surface area (TPSA) is 94.9 Å². The Balaban J connectivity index is 2.25. The van der Waals surface area contributed by atoms with Crippen molar-refractivity contribution in [2.75, 3.05) is 13.1 Å². The Kier molecular flexibility index (Phi) is 9.39. The quantitative estimate of drug-likeness (QED) is 0.220. The molecule has 0 fully saturated rings. The van der Waals surface area contributed by atoms with Crippen LogP contribution in [0.3, 0.4) is 0 Å². The van der Waals surface area contributed by atoms with Gasteiger partial charge in [-0.2, -0.15) is 10.4 Å². The van der Waals surface area contributed by atoms with Crippen LogP contribution in [0.1, 0.15) is 50.7 Å². The van der Waals surface area contributed by atoms with Crippen LogP contribution in [0.2, 0.25) is 5.02 Å². The van der Waals surface area contributed by atoms with Crippen molar-refractivity contribution < 1.29 is 4.92 Å². The molecule has 0 aliphatic carbocycles. The van der Waals surface area contributed by atoms with E-state index in [-0.39, 0.29) is 10.7 Å². The molecule has 2 rings (SSSR count). The fourth-order valence-corrected chi connectivity index (χ4v) is 3.25. The van der Waals surface area contributed by atoms with E-state index in [2.05, 4.69) is 35.0 Å². The third kappa shape index (κ3) is 6.61. The van der Waals surface area contributed by atoms with Crippen molar-refractivity contribution in [3.8, 4) is 6.07 Å².